The molecule has 0 aliphatic carbocycles. The monoisotopic (exact) mass is 294 g/mol. The van der Waals surface area contributed by atoms with Crippen molar-refractivity contribution in [2.45, 2.75) is 0 Å². The maximum atomic E-state index is 11.6. The number of aromatic nitrogens is 1. The Morgan fingerprint density at radius 2 is 2.05 bits per heavy atom. The molecule has 1 amide bonds. The highest BCUT2D eigenvalue weighted by atomic mass is 35.5. The van der Waals surface area contributed by atoms with Crippen LogP contribution < -0.4 is 17.8 Å². The molecule has 1 heterocycles. The van der Waals surface area contributed by atoms with Crippen LogP contribution in [0.25, 0.3) is 10.9 Å². The molecule has 1 aromatic heterocycles. The lowest BCUT2D eigenvalue weighted by Gasteiger charge is -2.21. The third-order valence-electron chi connectivity index (χ3n) is 2.63. The molecule has 0 aliphatic rings. The van der Waals surface area contributed by atoms with Gasteiger partial charge in [-0.05, 0) is 6.07 Å². The molecule has 0 aliphatic heterocycles. The Hall–Kier alpha value is -1.85. The van der Waals surface area contributed by atoms with Gasteiger partial charge in [-0.1, -0.05) is 18.2 Å². The molecule has 0 atom stereocenters. The lowest BCUT2D eigenvalue weighted by atomic mass is 10.2. The van der Waals surface area contributed by atoms with E-state index in [0.29, 0.717) is 11.0 Å². The second-order valence-electron chi connectivity index (χ2n) is 5.53. The number of carbonyl (C=O) groups is 1. The predicted molar refractivity (Wildman–Crippen MR) is 76.9 cm³/mol. The van der Waals surface area contributed by atoms with Crippen molar-refractivity contribution < 1.29 is 21.7 Å². The summed E-state index contributed by atoms with van der Waals surface area (Å²) in [5, 5.41) is 5.08. The summed E-state index contributed by atoms with van der Waals surface area (Å²) >= 11 is 0. The quantitative estimate of drug-likeness (QED) is 0.395. The number of likely N-dealkylation sites (N-methyl/N-ethyl adjacent to an activating group) is 1. The zero-order valence-corrected chi connectivity index (χ0v) is 12.6. The molecule has 2 aromatic rings. The number of benzene rings is 1. The highest BCUT2D eigenvalue weighted by Gasteiger charge is 2.13. The first-order valence-electron chi connectivity index (χ1n) is 6.14. The van der Waals surface area contributed by atoms with E-state index in [2.05, 4.69) is 15.5 Å². The molecule has 108 valence electrons. The Kier molecular flexibility index (Phi) is 5.30. The first-order chi connectivity index (χ1) is 8.96. The van der Waals surface area contributed by atoms with Crippen molar-refractivity contribution in [3.8, 4) is 0 Å². The molecule has 1 aromatic carbocycles. The number of hydrazone groups is 1. The number of nitrogens with zero attached hydrogens (tertiary/aromatic N) is 2. The molecule has 2 N–H and O–H groups in total. The van der Waals surface area contributed by atoms with Gasteiger partial charge in [0.25, 0.3) is 5.91 Å². The van der Waals surface area contributed by atoms with Gasteiger partial charge in [-0.3, -0.25) is 4.79 Å². The number of amides is 1. The van der Waals surface area contributed by atoms with Crippen LogP contribution in [0.3, 0.4) is 0 Å². The third-order valence-corrected chi connectivity index (χ3v) is 2.63. The predicted octanol–water partition coefficient (Wildman–Crippen LogP) is -1.67. The van der Waals surface area contributed by atoms with Crippen molar-refractivity contribution in [3.63, 3.8) is 0 Å². The number of rotatable bonds is 4. The number of nitrogens with one attached hydrogen (secondary N) is 2. The standard InChI is InChI=1S/C14H18N4O.ClH/c1-18(2,3)10-14(19)17-16-9-11-8-15-13-7-5-4-6-12(11)13;/h4-9H,10H2,1-3H3,(H-,15,16,17,19);1H. The molecule has 0 spiro atoms. The van der Waals surface area contributed by atoms with Crippen molar-refractivity contribution in [2.75, 3.05) is 27.7 Å². The van der Waals surface area contributed by atoms with Crippen LogP contribution in [0.1, 0.15) is 5.56 Å². The molecular weight excluding hydrogens is 276 g/mol. The molecule has 6 heteroatoms. The molecule has 0 unspecified atom stereocenters. The Balaban J connectivity index is 0.00000200. The molecular formula is C14H19ClN4O. The fourth-order valence-corrected chi connectivity index (χ4v) is 1.84. The van der Waals surface area contributed by atoms with Crippen LogP contribution in [0.4, 0.5) is 0 Å². The average molecular weight is 295 g/mol. The van der Waals surface area contributed by atoms with Crippen molar-refractivity contribution in [3.05, 3.63) is 36.0 Å². The van der Waals surface area contributed by atoms with Gasteiger partial charge in [0.2, 0.25) is 0 Å². The van der Waals surface area contributed by atoms with Gasteiger partial charge in [0.1, 0.15) is 0 Å². The van der Waals surface area contributed by atoms with E-state index in [1.165, 1.54) is 0 Å². The summed E-state index contributed by atoms with van der Waals surface area (Å²) < 4.78 is 0.578. The number of hydrogen-bond acceptors (Lipinski definition) is 2. The van der Waals surface area contributed by atoms with Gasteiger partial charge in [-0.15, -0.1) is 0 Å². The molecule has 0 fully saturated rings. The highest BCUT2D eigenvalue weighted by molar-refractivity contribution is 5.99. The van der Waals surface area contributed by atoms with Crippen molar-refractivity contribution in [1.82, 2.24) is 10.4 Å². The van der Waals surface area contributed by atoms with Gasteiger partial charge in [-0.25, -0.2) is 5.43 Å². The summed E-state index contributed by atoms with van der Waals surface area (Å²) in [5.74, 6) is -0.0939. The largest absolute Gasteiger partial charge is 1.00 e. The van der Waals surface area contributed by atoms with Crippen molar-refractivity contribution in [1.29, 1.82) is 0 Å². The van der Waals surface area contributed by atoms with E-state index in [-0.39, 0.29) is 18.3 Å². The van der Waals surface area contributed by atoms with Gasteiger partial charge >= 0.3 is 0 Å². The molecule has 5 nitrogen and oxygen atoms in total. The summed E-state index contributed by atoms with van der Waals surface area (Å²) in [6.45, 7) is 0.394. The summed E-state index contributed by atoms with van der Waals surface area (Å²) in [6.07, 6.45) is 3.53. The Bertz CT molecular complexity index is 613. The molecule has 0 saturated carbocycles. The minimum Gasteiger partial charge on any atom is -1.00 e. The molecule has 0 bridgehead atoms. The minimum absolute atomic E-state index is 0. The van der Waals surface area contributed by atoms with Gasteiger partial charge < -0.3 is 21.9 Å². The lowest BCUT2D eigenvalue weighted by Crippen LogP contribution is -3.00. The maximum absolute atomic E-state index is 11.6. The summed E-state index contributed by atoms with van der Waals surface area (Å²) in [6, 6.07) is 7.97. The number of H-pyrrole nitrogens is 1. The highest BCUT2D eigenvalue weighted by Crippen LogP contribution is 2.15. The first-order valence-corrected chi connectivity index (χ1v) is 6.14. The van der Waals surface area contributed by atoms with E-state index in [0.717, 1.165) is 16.5 Å². The number of quaternary nitrogens is 1. The molecule has 0 saturated heterocycles. The Labute approximate surface area is 124 Å². The SMILES string of the molecule is C[N+](C)(C)CC(=O)N/N=C/c1c[nH]c2ccccc12.[Cl-]. The summed E-state index contributed by atoms with van der Waals surface area (Å²) in [4.78, 5) is 14.8. The number of aromatic amines is 1. The van der Waals surface area contributed by atoms with Crippen LogP contribution >= 0.6 is 0 Å². The van der Waals surface area contributed by atoms with Crippen LogP contribution in [-0.2, 0) is 4.79 Å². The van der Waals surface area contributed by atoms with Gasteiger partial charge in [0.05, 0.1) is 27.4 Å². The van der Waals surface area contributed by atoms with E-state index >= 15 is 0 Å². The topological polar surface area (TPSA) is 57.2 Å². The van der Waals surface area contributed by atoms with E-state index in [1.54, 1.807) is 6.21 Å². The third kappa shape index (κ3) is 4.36. The van der Waals surface area contributed by atoms with Gasteiger partial charge in [0, 0.05) is 22.7 Å². The number of hydrogen-bond donors (Lipinski definition) is 2. The van der Waals surface area contributed by atoms with E-state index in [4.69, 9.17) is 0 Å². The number of fused-ring (bicyclic) bond motifs is 1. The van der Waals surface area contributed by atoms with Crippen LogP contribution in [0.5, 0.6) is 0 Å². The molecule has 0 radical (unpaired) electrons. The van der Waals surface area contributed by atoms with Gasteiger partial charge in [0.15, 0.2) is 6.54 Å². The first kappa shape index (κ1) is 16.2. The zero-order valence-electron chi connectivity index (χ0n) is 11.9. The minimum atomic E-state index is -0.0939. The lowest BCUT2D eigenvalue weighted by molar-refractivity contribution is -0.862. The smallest absolute Gasteiger partial charge is 0.295 e. The summed E-state index contributed by atoms with van der Waals surface area (Å²) in [7, 11) is 5.88. The molecule has 2 rings (SSSR count). The fourth-order valence-electron chi connectivity index (χ4n) is 1.84. The Morgan fingerprint density at radius 1 is 1.35 bits per heavy atom. The Morgan fingerprint density at radius 3 is 2.75 bits per heavy atom. The normalized spacial score (nSPS) is 11.6. The zero-order chi connectivity index (χ0) is 13.9. The second kappa shape index (κ2) is 6.54. The second-order valence-corrected chi connectivity index (χ2v) is 5.53. The van der Waals surface area contributed by atoms with E-state index < -0.39 is 0 Å². The van der Waals surface area contributed by atoms with Crippen LogP contribution in [0.2, 0.25) is 0 Å². The molecule has 20 heavy (non-hydrogen) atoms. The van der Waals surface area contributed by atoms with Crippen molar-refractivity contribution in [2.24, 2.45) is 5.10 Å². The maximum Gasteiger partial charge on any atom is 0.295 e. The van der Waals surface area contributed by atoms with Crippen molar-refractivity contribution >= 4 is 23.0 Å². The van der Waals surface area contributed by atoms with E-state index in [9.17, 15) is 4.79 Å². The number of halogens is 1. The van der Waals surface area contributed by atoms with E-state index in [1.807, 2.05) is 51.6 Å². The fraction of sp³-hybridized carbons (Fsp3) is 0.286. The van der Waals surface area contributed by atoms with Crippen LogP contribution in [-0.4, -0.2) is 49.3 Å². The van der Waals surface area contributed by atoms with Crippen LogP contribution in [0, 0.1) is 0 Å². The number of carbonyl (C=O) groups excluding carboxylic acids is 1. The summed E-state index contributed by atoms with van der Waals surface area (Å²) in [5.41, 5.74) is 4.56. The number of para-hydroxylation sites is 1. The van der Waals surface area contributed by atoms with Crippen LogP contribution in [0.15, 0.2) is 35.6 Å². The average Bonchev–Trinajstić information content (AvgIpc) is 2.70. The van der Waals surface area contributed by atoms with Gasteiger partial charge in [-0.2, -0.15) is 5.10 Å².